The first kappa shape index (κ1) is 25.9. The Kier molecular flexibility index (Phi) is 8.77. The molecule has 1 N–H and O–H groups in total. The van der Waals surface area contributed by atoms with Gasteiger partial charge in [0.05, 0.1) is 14.7 Å². The quantitative estimate of drug-likeness (QED) is 0.276. The second kappa shape index (κ2) is 10.5. The van der Waals surface area contributed by atoms with Gasteiger partial charge in [-0.1, -0.05) is 58.4 Å². The molecule has 0 unspecified atom stereocenters. The number of nitrogens with zero attached hydrogens (tertiary/aromatic N) is 1. The lowest BCUT2D eigenvalue weighted by Crippen LogP contribution is -2.26. The van der Waals surface area contributed by atoms with Gasteiger partial charge in [-0.2, -0.15) is 5.10 Å². The fourth-order valence-corrected chi connectivity index (χ4v) is 5.13. The van der Waals surface area contributed by atoms with Gasteiger partial charge in [-0.05, 0) is 91.4 Å². The van der Waals surface area contributed by atoms with E-state index in [0.29, 0.717) is 16.5 Å². The van der Waals surface area contributed by atoms with Gasteiger partial charge in [-0.25, -0.2) is 5.43 Å². The van der Waals surface area contributed by atoms with Crippen molar-refractivity contribution >= 4 is 55.1 Å². The van der Waals surface area contributed by atoms with E-state index in [0.717, 1.165) is 20.9 Å². The first-order chi connectivity index (χ1) is 14.3. The van der Waals surface area contributed by atoms with E-state index in [1.54, 1.807) is 12.1 Å². The molecule has 168 valence electrons. The number of carbonyl (C=O) groups is 1. The predicted molar refractivity (Wildman–Crippen MR) is 136 cm³/mol. The van der Waals surface area contributed by atoms with Crippen molar-refractivity contribution in [1.29, 1.82) is 0 Å². The molecule has 0 aliphatic rings. The van der Waals surface area contributed by atoms with Gasteiger partial charge in [0.2, 0.25) is 0 Å². The molecule has 0 saturated carbocycles. The number of amides is 1. The number of hydrogen-bond donors (Lipinski definition) is 1. The lowest BCUT2D eigenvalue weighted by molar-refractivity contribution is -0.123. The molecule has 0 saturated heterocycles. The molecule has 0 bridgehead atoms. The maximum absolute atomic E-state index is 12.2. The fraction of sp³-hybridized carbons (Fsp3) is 0.417. The highest BCUT2D eigenvalue weighted by Gasteiger charge is 2.28. The molecule has 4 nitrogen and oxygen atoms in total. The standard InChI is InChI=1S/C24H29Br2ClN2O2/c1-15(16-7-9-18(27)10-8-16)28-29-21(30)13-31-22-19(25)11-17(12-20(22)26)24(5,6)14-23(2,3)4/h7-12H,13-14H2,1-6H3,(H,29,30). The van der Waals surface area contributed by atoms with Crippen molar-refractivity contribution in [2.75, 3.05) is 6.61 Å². The minimum absolute atomic E-state index is 0.00684. The van der Waals surface area contributed by atoms with Crippen molar-refractivity contribution in [3.63, 3.8) is 0 Å². The highest BCUT2D eigenvalue weighted by molar-refractivity contribution is 9.11. The number of carbonyl (C=O) groups excluding carboxylic acids is 1. The first-order valence-corrected chi connectivity index (χ1v) is 12.0. The number of hydrazone groups is 1. The van der Waals surface area contributed by atoms with Crippen LogP contribution in [0.15, 0.2) is 50.4 Å². The average Bonchev–Trinajstić information content (AvgIpc) is 2.64. The highest BCUT2D eigenvalue weighted by Crippen LogP contribution is 2.42. The molecular weight excluding hydrogens is 544 g/mol. The summed E-state index contributed by atoms with van der Waals surface area (Å²) >= 11 is 13.1. The number of halogens is 3. The lowest BCUT2D eigenvalue weighted by atomic mass is 9.72. The van der Waals surface area contributed by atoms with Gasteiger partial charge in [0.1, 0.15) is 5.75 Å². The third-order valence-corrected chi connectivity index (χ3v) is 6.14. The number of nitrogens with one attached hydrogen (secondary N) is 1. The Morgan fingerprint density at radius 3 is 2.13 bits per heavy atom. The monoisotopic (exact) mass is 570 g/mol. The van der Waals surface area contributed by atoms with E-state index in [4.69, 9.17) is 16.3 Å². The maximum Gasteiger partial charge on any atom is 0.277 e. The van der Waals surface area contributed by atoms with E-state index >= 15 is 0 Å². The number of ether oxygens (including phenoxy) is 1. The summed E-state index contributed by atoms with van der Waals surface area (Å²) in [7, 11) is 0. The lowest BCUT2D eigenvalue weighted by Gasteiger charge is -2.33. The number of benzene rings is 2. The third-order valence-electron chi connectivity index (χ3n) is 4.71. The molecule has 2 aromatic rings. The predicted octanol–water partition coefficient (Wildman–Crippen LogP) is 7.50. The van der Waals surface area contributed by atoms with Gasteiger partial charge < -0.3 is 4.74 Å². The van der Waals surface area contributed by atoms with Gasteiger partial charge in [0, 0.05) is 5.02 Å². The second-order valence-electron chi connectivity index (χ2n) is 9.42. The summed E-state index contributed by atoms with van der Waals surface area (Å²) < 4.78 is 7.36. The Labute approximate surface area is 207 Å². The second-order valence-corrected chi connectivity index (χ2v) is 11.6. The van der Waals surface area contributed by atoms with Gasteiger partial charge in [0.15, 0.2) is 6.61 Å². The molecular formula is C24H29Br2ClN2O2. The summed E-state index contributed by atoms with van der Waals surface area (Å²) in [5.74, 6) is 0.244. The topological polar surface area (TPSA) is 50.7 Å². The molecule has 0 aliphatic carbocycles. The summed E-state index contributed by atoms with van der Waals surface area (Å²) in [4.78, 5) is 12.2. The van der Waals surface area contributed by atoms with E-state index < -0.39 is 0 Å². The Morgan fingerprint density at radius 1 is 1.06 bits per heavy atom. The zero-order valence-electron chi connectivity index (χ0n) is 18.8. The Hall–Kier alpha value is -1.37. The Bertz CT molecular complexity index is 942. The zero-order valence-corrected chi connectivity index (χ0v) is 22.7. The average molecular weight is 573 g/mol. The van der Waals surface area contributed by atoms with Crippen LogP contribution in [0, 0.1) is 5.41 Å². The van der Waals surface area contributed by atoms with Crippen LogP contribution in [0.5, 0.6) is 5.75 Å². The first-order valence-electron chi connectivity index (χ1n) is 10.00. The van der Waals surface area contributed by atoms with Crippen LogP contribution >= 0.6 is 43.5 Å². The van der Waals surface area contributed by atoms with E-state index in [-0.39, 0.29) is 23.3 Å². The zero-order chi connectivity index (χ0) is 23.4. The number of hydrogen-bond acceptors (Lipinski definition) is 3. The van der Waals surface area contributed by atoms with Crippen molar-refractivity contribution < 1.29 is 9.53 Å². The summed E-state index contributed by atoms with van der Waals surface area (Å²) in [6.45, 7) is 12.9. The van der Waals surface area contributed by atoms with Crippen molar-refractivity contribution in [1.82, 2.24) is 5.43 Å². The summed E-state index contributed by atoms with van der Waals surface area (Å²) in [5.41, 5.74) is 5.48. The largest absolute Gasteiger partial charge is 0.481 e. The molecule has 2 rings (SSSR count). The van der Waals surface area contributed by atoms with E-state index in [1.165, 1.54) is 5.56 Å². The van der Waals surface area contributed by atoms with Gasteiger partial charge >= 0.3 is 0 Å². The molecule has 1 amide bonds. The van der Waals surface area contributed by atoms with Crippen molar-refractivity contribution in [2.24, 2.45) is 10.5 Å². The smallest absolute Gasteiger partial charge is 0.277 e. The Balaban J connectivity index is 2.04. The van der Waals surface area contributed by atoms with Crippen molar-refractivity contribution in [3.05, 3.63) is 61.5 Å². The molecule has 0 fully saturated rings. The molecule has 0 heterocycles. The van der Waals surface area contributed by atoms with Gasteiger partial charge in [-0.3, -0.25) is 4.79 Å². The van der Waals surface area contributed by atoms with Crippen LogP contribution in [-0.2, 0) is 10.2 Å². The van der Waals surface area contributed by atoms with Crippen LogP contribution in [0.1, 0.15) is 59.1 Å². The normalized spacial score (nSPS) is 12.6. The van der Waals surface area contributed by atoms with Gasteiger partial charge in [0.25, 0.3) is 5.91 Å². The van der Waals surface area contributed by atoms with Crippen molar-refractivity contribution in [2.45, 2.75) is 53.4 Å². The summed E-state index contributed by atoms with van der Waals surface area (Å²) in [6, 6.07) is 11.4. The van der Waals surface area contributed by atoms with E-state index in [9.17, 15) is 4.79 Å². The summed E-state index contributed by atoms with van der Waals surface area (Å²) in [5, 5.41) is 4.78. The molecule has 0 aliphatic heterocycles. The molecule has 2 aromatic carbocycles. The molecule has 0 spiro atoms. The molecule has 0 atom stereocenters. The molecule has 31 heavy (non-hydrogen) atoms. The SMILES string of the molecule is CC(=NNC(=O)COc1c(Br)cc(C(C)(C)CC(C)(C)C)cc1Br)c1ccc(Cl)cc1. The van der Waals surface area contributed by atoms with Crippen LogP contribution in [0.4, 0.5) is 0 Å². The van der Waals surface area contributed by atoms with Crippen LogP contribution in [0.2, 0.25) is 5.02 Å². The molecule has 7 heteroatoms. The van der Waals surface area contributed by atoms with Crippen LogP contribution in [-0.4, -0.2) is 18.2 Å². The number of rotatable bonds is 7. The minimum atomic E-state index is -0.343. The summed E-state index contributed by atoms with van der Waals surface area (Å²) in [6.07, 6.45) is 1.03. The minimum Gasteiger partial charge on any atom is -0.481 e. The third kappa shape index (κ3) is 7.92. The van der Waals surface area contributed by atoms with Crippen LogP contribution < -0.4 is 10.2 Å². The molecule has 0 radical (unpaired) electrons. The highest BCUT2D eigenvalue weighted by atomic mass is 79.9. The fourth-order valence-electron chi connectivity index (χ4n) is 3.59. The van der Waals surface area contributed by atoms with E-state index in [2.05, 4.69) is 89.1 Å². The molecule has 0 aromatic heterocycles. The van der Waals surface area contributed by atoms with Crippen molar-refractivity contribution in [3.8, 4) is 5.75 Å². The maximum atomic E-state index is 12.2. The van der Waals surface area contributed by atoms with Crippen LogP contribution in [0.3, 0.4) is 0 Å². The van der Waals surface area contributed by atoms with E-state index in [1.807, 2.05) is 19.1 Å². The Morgan fingerprint density at radius 2 is 1.61 bits per heavy atom. The van der Waals surface area contributed by atoms with Gasteiger partial charge in [-0.15, -0.1) is 0 Å². The van der Waals surface area contributed by atoms with Crippen LogP contribution in [0.25, 0.3) is 0 Å².